The number of hydrogen-bond acceptors (Lipinski definition) is 4. The van der Waals surface area contributed by atoms with Crippen molar-refractivity contribution in [2.45, 2.75) is 51.1 Å². The quantitative estimate of drug-likeness (QED) is 0.367. The molecule has 1 saturated carbocycles. The lowest BCUT2D eigenvalue weighted by atomic mass is 9.95. The van der Waals surface area contributed by atoms with Gasteiger partial charge in [0.25, 0.3) is 17.1 Å². The molecule has 1 amide bonds. The number of anilines is 1. The van der Waals surface area contributed by atoms with Gasteiger partial charge in [0.2, 0.25) is 11.5 Å². The van der Waals surface area contributed by atoms with Gasteiger partial charge in [-0.3, -0.25) is 14.0 Å². The largest absolute Gasteiger partial charge is 0.349 e. The van der Waals surface area contributed by atoms with Crippen LogP contribution in [0.4, 0.5) is 5.82 Å². The van der Waals surface area contributed by atoms with Crippen LogP contribution in [0.15, 0.2) is 65.6 Å². The van der Waals surface area contributed by atoms with E-state index in [1.807, 2.05) is 28.8 Å². The van der Waals surface area contributed by atoms with Gasteiger partial charge in [0, 0.05) is 18.7 Å². The summed E-state index contributed by atoms with van der Waals surface area (Å²) in [4.78, 5) is 31.3. The van der Waals surface area contributed by atoms with Gasteiger partial charge in [-0.1, -0.05) is 60.6 Å². The second kappa shape index (κ2) is 9.02. The van der Waals surface area contributed by atoms with Crippen molar-refractivity contribution in [1.82, 2.24) is 14.7 Å². The lowest BCUT2D eigenvalue weighted by Crippen LogP contribution is -2.44. The number of nitrogen functional groups attached to an aromatic ring is 1. The standard InChI is InChI=1S/C26H27N5O2/c27-23-20(25(32)28-19-11-5-2-6-12-19)17-21-24(29-22-13-7-8-15-30(22)26(21)33)31(23)16-14-18-9-3-1-4-10-18/h1,3-4,7-10,13,15,17,19,27H,2,5-6,11-12,14,16H2,(H,28,32)/p+1. The predicted molar refractivity (Wildman–Crippen MR) is 128 cm³/mol. The van der Waals surface area contributed by atoms with Crippen molar-refractivity contribution in [2.24, 2.45) is 0 Å². The van der Waals surface area contributed by atoms with Crippen LogP contribution in [0.5, 0.6) is 0 Å². The number of fused-ring (bicyclic) bond motifs is 2. The van der Waals surface area contributed by atoms with Gasteiger partial charge >= 0.3 is 0 Å². The van der Waals surface area contributed by atoms with Gasteiger partial charge in [-0.15, -0.1) is 0 Å². The Bertz CT molecular complexity index is 1370. The Morgan fingerprint density at radius 1 is 1.09 bits per heavy atom. The van der Waals surface area contributed by atoms with Crippen LogP contribution in [-0.4, -0.2) is 21.3 Å². The topological polar surface area (TPSA) is 93.4 Å². The number of rotatable bonds is 5. The zero-order chi connectivity index (χ0) is 22.8. The van der Waals surface area contributed by atoms with E-state index in [0.29, 0.717) is 41.0 Å². The number of benzene rings is 1. The van der Waals surface area contributed by atoms with Crippen LogP contribution in [0.3, 0.4) is 0 Å². The lowest BCUT2D eigenvalue weighted by molar-refractivity contribution is -0.658. The monoisotopic (exact) mass is 442 g/mol. The van der Waals surface area contributed by atoms with Gasteiger partial charge in [0.1, 0.15) is 10.9 Å². The molecule has 0 saturated heterocycles. The number of aromatic nitrogens is 3. The molecule has 0 aliphatic heterocycles. The van der Waals surface area contributed by atoms with Gasteiger partial charge in [-0.2, -0.15) is 0 Å². The van der Waals surface area contributed by atoms with Crippen molar-refractivity contribution in [1.29, 1.82) is 0 Å². The number of nitrogens with zero attached hydrogens (tertiary/aromatic N) is 3. The maximum Gasteiger partial charge on any atom is 0.278 e. The Labute approximate surface area is 191 Å². The molecular formula is C26H28N5O2+. The van der Waals surface area contributed by atoms with Crippen molar-refractivity contribution >= 4 is 28.4 Å². The minimum Gasteiger partial charge on any atom is -0.349 e. The molecule has 3 N–H and O–H groups in total. The fourth-order valence-corrected chi connectivity index (χ4v) is 4.70. The highest BCUT2D eigenvalue weighted by Crippen LogP contribution is 2.20. The lowest BCUT2D eigenvalue weighted by Gasteiger charge is -2.23. The van der Waals surface area contributed by atoms with Gasteiger partial charge in [0.15, 0.2) is 0 Å². The van der Waals surface area contributed by atoms with Crippen molar-refractivity contribution in [3.63, 3.8) is 0 Å². The average Bonchev–Trinajstić information content (AvgIpc) is 2.85. The fraction of sp³-hybridized carbons (Fsp3) is 0.308. The number of pyridine rings is 2. The molecule has 0 bridgehead atoms. The zero-order valence-corrected chi connectivity index (χ0v) is 18.5. The molecule has 33 heavy (non-hydrogen) atoms. The van der Waals surface area contributed by atoms with E-state index < -0.39 is 0 Å². The minimum atomic E-state index is -0.229. The maximum absolute atomic E-state index is 13.3. The van der Waals surface area contributed by atoms with Gasteiger partial charge in [0.05, 0.1) is 6.54 Å². The molecule has 5 rings (SSSR count). The molecule has 0 spiro atoms. The first kappa shape index (κ1) is 21.1. The molecule has 1 fully saturated rings. The van der Waals surface area contributed by atoms with E-state index in [0.717, 1.165) is 31.2 Å². The Hall–Kier alpha value is -3.74. The summed E-state index contributed by atoms with van der Waals surface area (Å²) in [6, 6.07) is 17.3. The van der Waals surface area contributed by atoms with Crippen molar-refractivity contribution < 1.29 is 9.36 Å². The smallest absolute Gasteiger partial charge is 0.278 e. The number of hydrogen-bond donors (Lipinski definition) is 2. The van der Waals surface area contributed by atoms with E-state index in [-0.39, 0.29) is 17.5 Å². The summed E-state index contributed by atoms with van der Waals surface area (Å²) in [7, 11) is 0. The van der Waals surface area contributed by atoms with E-state index in [1.54, 1.807) is 24.4 Å². The summed E-state index contributed by atoms with van der Waals surface area (Å²) < 4.78 is 3.31. The number of carbonyl (C=O) groups excluding carboxylic acids is 1. The Kier molecular flexibility index (Phi) is 5.77. The Morgan fingerprint density at radius 3 is 2.64 bits per heavy atom. The molecule has 0 radical (unpaired) electrons. The maximum atomic E-state index is 13.3. The normalized spacial score (nSPS) is 14.5. The number of amides is 1. The molecule has 1 aromatic carbocycles. The number of aryl methyl sites for hydroxylation is 2. The summed E-state index contributed by atoms with van der Waals surface area (Å²) in [5.41, 5.74) is 8.87. The molecule has 0 atom stereocenters. The third-order valence-electron chi connectivity index (χ3n) is 6.51. The van der Waals surface area contributed by atoms with Crippen LogP contribution >= 0.6 is 0 Å². The highest BCUT2D eigenvalue weighted by Gasteiger charge is 2.26. The summed E-state index contributed by atoms with van der Waals surface area (Å²) in [6.07, 6.45) is 7.79. The molecule has 7 heteroatoms. The highest BCUT2D eigenvalue weighted by atomic mass is 16.2. The third kappa shape index (κ3) is 4.18. The van der Waals surface area contributed by atoms with Crippen LogP contribution in [-0.2, 0) is 13.0 Å². The minimum absolute atomic E-state index is 0.148. The number of carbonyl (C=O) groups is 1. The molecular weight excluding hydrogens is 414 g/mol. The van der Waals surface area contributed by atoms with Crippen LogP contribution in [0, 0.1) is 0 Å². The zero-order valence-electron chi connectivity index (χ0n) is 18.5. The molecule has 1 aliphatic carbocycles. The summed E-state index contributed by atoms with van der Waals surface area (Å²) in [5, 5.41) is 3.52. The van der Waals surface area contributed by atoms with E-state index in [4.69, 9.17) is 10.7 Å². The number of nitrogens with one attached hydrogen (secondary N) is 1. The summed E-state index contributed by atoms with van der Waals surface area (Å²) in [6.45, 7) is 0.506. The fourth-order valence-electron chi connectivity index (χ4n) is 4.70. The van der Waals surface area contributed by atoms with Crippen LogP contribution < -0.4 is 21.2 Å². The van der Waals surface area contributed by atoms with Crippen molar-refractivity contribution in [3.05, 3.63) is 82.3 Å². The van der Waals surface area contributed by atoms with Gasteiger partial charge in [-0.05, 0) is 36.6 Å². The van der Waals surface area contributed by atoms with E-state index >= 15 is 0 Å². The molecule has 4 aromatic rings. The first-order chi connectivity index (χ1) is 16.1. The molecule has 0 unspecified atom stereocenters. The van der Waals surface area contributed by atoms with E-state index in [2.05, 4.69) is 17.4 Å². The van der Waals surface area contributed by atoms with E-state index in [9.17, 15) is 9.59 Å². The molecule has 168 valence electrons. The second-order valence-corrected chi connectivity index (χ2v) is 8.72. The SMILES string of the molecule is Nc1c(C(=O)NC2CCCCC2)cc2c(=O)n3ccccc3nc2[n+]1CCc1ccccc1. The first-order valence-corrected chi connectivity index (χ1v) is 11.6. The Morgan fingerprint density at radius 2 is 1.85 bits per heavy atom. The molecule has 3 heterocycles. The van der Waals surface area contributed by atoms with Crippen LogP contribution in [0.2, 0.25) is 0 Å². The molecule has 3 aromatic heterocycles. The van der Waals surface area contributed by atoms with Crippen molar-refractivity contribution in [3.8, 4) is 0 Å². The van der Waals surface area contributed by atoms with Gasteiger partial charge in [-0.25, -0.2) is 4.57 Å². The Balaban J connectivity index is 1.63. The molecule has 7 nitrogen and oxygen atoms in total. The summed E-state index contributed by atoms with van der Waals surface area (Å²) >= 11 is 0. The van der Waals surface area contributed by atoms with E-state index in [1.165, 1.54) is 10.8 Å². The molecule has 1 aliphatic rings. The third-order valence-corrected chi connectivity index (χ3v) is 6.51. The number of nitrogens with two attached hydrogens (primary N) is 1. The van der Waals surface area contributed by atoms with Gasteiger partial charge < -0.3 is 11.1 Å². The van der Waals surface area contributed by atoms with Crippen LogP contribution in [0.1, 0.15) is 48.0 Å². The summed E-state index contributed by atoms with van der Waals surface area (Å²) in [5.74, 6) is 0.103. The first-order valence-electron chi connectivity index (χ1n) is 11.6. The average molecular weight is 443 g/mol. The second-order valence-electron chi connectivity index (χ2n) is 8.72. The van der Waals surface area contributed by atoms with Crippen LogP contribution in [0.25, 0.3) is 16.7 Å². The van der Waals surface area contributed by atoms with Crippen molar-refractivity contribution in [2.75, 3.05) is 5.73 Å². The predicted octanol–water partition coefficient (Wildman–Crippen LogP) is 3.02. The highest BCUT2D eigenvalue weighted by molar-refractivity contribution is 6.00.